The van der Waals surface area contributed by atoms with Gasteiger partial charge in [0.05, 0.1) is 0 Å². The Kier molecular flexibility index (Phi) is 3.86. The average molecular weight is 356 g/mol. The molecule has 1 aliphatic rings. The molecule has 0 N–H and O–H groups in total. The van der Waals surface area contributed by atoms with Gasteiger partial charge in [-0.25, -0.2) is 4.39 Å². The first-order valence-corrected chi connectivity index (χ1v) is 9.55. The fourth-order valence-corrected chi connectivity index (χ4v) is 4.33. The maximum atomic E-state index is 13.8. The largest absolute Gasteiger partial charge is 0.490 e. The summed E-state index contributed by atoms with van der Waals surface area (Å²) in [5.41, 5.74) is 3.38. The Balaban J connectivity index is 1.50. The van der Waals surface area contributed by atoms with Crippen LogP contribution in [0.3, 0.4) is 0 Å². The zero-order valence-corrected chi connectivity index (χ0v) is 15.3. The Labute approximate surface area is 158 Å². The molecule has 0 aromatic heterocycles. The van der Waals surface area contributed by atoms with Crippen molar-refractivity contribution in [2.75, 3.05) is 0 Å². The van der Waals surface area contributed by atoms with Gasteiger partial charge in [0.25, 0.3) is 0 Å². The van der Waals surface area contributed by atoms with E-state index < -0.39 is 0 Å². The van der Waals surface area contributed by atoms with E-state index in [2.05, 4.69) is 48.5 Å². The molecule has 1 atom stereocenters. The van der Waals surface area contributed by atoms with E-state index in [1.165, 1.54) is 38.7 Å². The van der Waals surface area contributed by atoms with Crippen molar-refractivity contribution in [2.24, 2.45) is 0 Å². The molecule has 27 heavy (non-hydrogen) atoms. The molecule has 4 aromatic carbocycles. The van der Waals surface area contributed by atoms with Gasteiger partial charge in [-0.1, -0.05) is 54.6 Å². The summed E-state index contributed by atoms with van der Waals surface area (Å²) in [5, 5.41) is 5.27. The molecule has 0 bridgehead atoms. The van der Waals surface area contributed by atoms with E-state index in [0.29, 0.717) is 11.3 Å². The lowest BCUT2D eigenvalue weighted by molar-refractivity contribution is 0.183. The topological polar surface area (TPSA) is 9.23 Å². The first-order chi connectivity index (χ1) is 13.2. The number of aryl methyl sites for hydroxylation is 1. The van der Waals surface area contributed by atoms with Crippen LogP contribution in [0.5, 0.6) is 5.75 Å². The molecule has 0 saturated carbocycles. The number of benzene rings is 4. The summed E-state index contributed by atoms with van der Waals surface area (Å²) in [6.07, 6.45) is 2.91. The van der Waals surface area contributed by atoms with Crippen LogP contribution in [-0.4, -0.2) is 6.10 Å². The summed E-state index contributed by atoms with van der Waals surface area (Å²) in [4.78, 5) is 0. The highest BCUT2D eigenvalue weighted by Crippen LogP contribution is 2.34. The highest BCUT2D eigenvalue weighted by molar-refractivity contribution is 6.08. The van der Waals surface area contributed by atoms with Gasteiger partial charge in [0, 0.05) is 12.0 Å². The average Bonchev–Trinajstić information content (AvgIpc) is 2.71. The second kappa shape index (κ2) is 6.38. The molecule has 0 saturated heterocycles. The third-order valence-corrected chi connectivity index (χ3v) is 5.81. The van der Waals surface area contributed by atoms with E-state index in [1.54, 1.807) is 13.0 Å². The Morgan fingerprint density at radius 3 is 2.63 bits per heavy atom. The van der Waals surface area contributed by atoms with E-state index in [4.69, 9.17) is 4.74 Å². The summed E-state index contributed by atoms with van der Waals surface area (Å²) >= 11 is 0. The van der Waals surface area contributed by atoms with Crippen molar-refractivity contribution in [3.05, 3.63) is 89.2 Å². The molecule has 4 aromatic rings. The van der Waals surface area contributed by atoms with Crippen molar-refractivity contribution in [2.45, 2.75) is 32.3 Å². The highest BCUT2D eigenvalue weighted by atomic mass is 19.1. The molecule has 0 amide bonds. The van der Waals surface area contributed by atoms with Crippen LogP contribution in [0.2, 0.25) is 0 Å². The molecule has 1 nitrogen and oxygen atoms in total. The number of hydrogen-bond donors (Lipinski definition) is 0. The van der Waals surface area contributed by atoms with E-state index in [1.807, 2.05) is 6.07 Å². The Bertz CT molecular complexity index is 1160. The summed E-state index contributed by atoms with van der Waals surface area (Å²) < 4.78 is 20.0. The Morgan fingerprint density at radius 2 is 1.70 bits per heavy atom. The van der Waals surface area contributed by atoms with Crippen LogP contribution >= 0.6 is 0 Å². The van der Waals surface area contributed by atoms with Gasteiger partial charge in [-0.05, 0) is 64.6 Å². The minimum Gasteiger partial charge on any atom is -0.490 e. The highest BCUT2D eigenvalue weighted by Gasteiger charge is 2.23. The second-order valence-corrected chi connectivity index (χ2v) is 7.43. The molecule has 1 aliphatic carbocycles. The van der Waals surface area contributed by atoms with Crippen LogP contribution < -0.4 is 4.74 Å². The fraction of sp³-hybridized carbons (Fsp3) is 0.200. The van der Waals surface area contributed by atoms with Gasteiger partial charge >= 0.3 is 0 Å². The van der Waals surface area contributed by atoms with E-state index in [-0.39, 0.29) is 11.9 Å². The first kappa shape index (κ1) is 16.3. The van der Waals surface area contributed by atoms with Crippen molar-refractivity contribution >= 4 is 21.5 Å². The second-order valence-electron chi connectivity index (χ2n) is 7.43. The van der Waals surface area contributed by atoms with Gasteiger partial charge in [-0.3, -0.25) is 0 Å². The summed E-state index contributed by atoms with van der Waals surface area (Å²) in [6.45, 7) is 1.78. The Hall–Kier alpha value is -2.87. The molecule has 5 rings (SSSR count). The zero-order valence-electron chi connectivity index (χ0n) is 15.3. The van der Waals surface area contributed by atoms with Crippen LogP contribution in [0.15, 0.2) is 66.7 Å². The van der Waals surface area contributed by atoms with Gasteiger partial charge in [-0.2, -0.15) is 0 Å². The normalized spacial score (nSPS) is 16.4. The zero-order chi connectivity index (χ0) is 18.4. The first-order valence-electron chi connectivity index (χ1n) is 9.55. The van der Waals surface area contributed by atoms with Crippen molar-refractivity contribution in [1.82, 2.24) is 0 Å². The molecular formula is C25H21FO. The molecule has 134 valence electrons. The van der Waals surface area contributed by atoms with Gasteiger partial charge in [0.1, 0.15) is 17.7 Å². The van der Waals surface area contributed by atoms with E-state index in [9.17, 15) is 4.39 Å². The van der Waals surface area contributed by atoms with Crippen LogP contribution in [0.4, 0.5) is 4.39 Å². The summed E-state index contributed by atoms with van der Waals surface area (Å²) in [5.74, 6) is 0.455. The lowest BCUT2D eigenvalue weighted by Gasteiger charge is -2.27. The third kappa shape index (κ3) is 2.76. The van der Waals surface area contributed by atoms with Crippen molar-refractivity contribution in [3.8, 4) is 5.75 Å². The number of halogens is 1. The van der Waals surface area contributed by atoms with E-state index in [0.717, 1.165) is 19.3 Å². The van der Waals surface area contributed by atoms with Crippen LogP contribution in [0, 0.1) is 12.7 Å². The molecule has 0 aliphatic heterocycles. The summed E-state index contributed by atoms with van der Waals surface area (Å²) in [6, 6.07) is 22.6. The SMILES string of the molecule is Cc1c(F)cccc1OC1CCc2c(ccc3c2ccc2ccccc23)C1. The number of fused-ring (bicyclic) bond motifs is 5. The predicted octanol–water partition coefficient (Wildman–Crippen LogP) is 6.38. The number of rotatable bonds is 2. The molecule has 0 heterocycles. The van der Waals surface area contributed by atoms with E-state index >= 15 is 0 Å². The maximum absolute atomic E-state index is 13.8. The molecule has 2 heteroatoms. The summed E-state index contributed by atoms with van der Waals surface area (Å²) in [7, 11) is 0. The van der Waals surface area contributed by atoms with Crippen LogP contribution in [0.25, 0.3) is 21.5 Å². The number of hydrogen-bond acceptors (Lipinski definition) is 1. The van der Waals surface area contributed by atoms with Gasteiger partial charge in [0.15, 0.2) is 0 Å². The smallest absolute Gasteiger partial charge is 0.129 e. The van der Waals surface area contributed by atoms with Gasteiger partial charge in [0.2, 0.25) is 0 Å². The number of ether oxygens (including phenoxy) is 1. The minimum absolute atomic E-state index is 0.0934. The molecular weight excluding hydrogens is 335 g/mol. The standard InChI is InChI=1S/C25H21FO/c1-16-24(26)7-4-8-25(16)27-19-11-14-21-18(15-19)10-13-22-20-6-3-2-5-17(20)9-12-23(21)22/h2-10,12-13,19H,11,14-15H2,1H3. The predicted molar refractivity (Wildman–Crippen MR) is 109 cm³/mol. The van der Waals surface area contributed by atoms with Crippen LogP contribution in [0.1, 0.15) is 23.1 Å². The monoisotopic (exact) mass is 356 g/mol. The lowest BCUT2D eigenvalue weighted by Crippen LogP contribution is -2.25. The maximum Gasteiger partial charge on any atom is 0.129 e. The molecule has 0 radical (unpaired) electrons. The quantitative estimate of drug-likeness (QED) is 0.379. The third-order valence-electron chi connectivity index (χ3n) is 5.81. The molecule has 0 spiro atoms. The molecule has 1 unspecified atom stereocenters. The van der Waals surface area contributed by atoms with Gasteiger partial charge < -0.3 is 4.74 Å². The minimum atomic E-state index is -0.207. The van der Waals surface area contributed by atoms with Crippen molar-refractivity contribution < 1.29 is 9.13 Å². The van der Waals surface area contributed by atoms with Crippen molar-refractivity contribution in [1.29, 1.82) is 0 Å². The van der Waals surface area contributed by atoms with Crippen molar-refractivity contribution in [3.63, 3.8) is 0 Å². The lowest BCUT2D eigenvalue weighted by atomic mass is 9.85. The molecule has 0 fully saturated rings. The van der Waals surface area contributed by atoms with Crippen LogP contribution in [-0.2, 0) is 12.8 Å². The Morgan fingerprint density at radius 1 is 0.852 bits per heavy atom. The fourth-order valence-electron chi connectivity index (χ4n) is 4.33. The van der Waals surface area contributed by atoms with Gasteiger partial charge in [-0.15, -0.1) is 0 Å².